The molecule has 0 bridgehead atoms. The summed E-state index contributed by atoms with van der Waals surface area (Å²) in [5.74, 6) is 0.408. The second kappa shape index (κ2) is 8.01. The van der Waals surface area contributed by atoms with Gasteiger partial charge >= 0.3 is 0 Å². The van der Waals surface area contributed by atoms with Crippen LogP contribution in [0.4, 0.5) is 5.69 Å². The van der Waals surface area contributed by atoms with E-state index in [-0.39, 0.29) is 5.57 Å². The Morgan fingerprint density at radius 2 is 1.93 bits per heavy atom. The van der Waals surface area contributed by atoms with Crippen LogP contribution in [0, 0.1) is 11.3 Å². The van der Waals surface area contributed by atoms with Crippen molar-refractivity contribution in [2.45, 2.75) is 0 Å². The molecule has 0 atom stereocenters. The number of carbonyl (C=O) groups excluding carboxylic acids is 1. The Balaban J connectivity index is 1.60. The third kappa shape index (κ3) is 3.88. The summed E-state index contributed by atoms with van der Waals surface area (Å²) < 4.78 is 5.75. The average Bonchev–Trinajstić information content (AvgIpc) is 3.21. The number of nitriles is 1. The molecule has 1 N–H and O–H groups in total. The van der Waals surface area contributed by atoms with Crippen LogP contribution in [0.1, 0.15) is 5.76 Å². The first-order valence-electron chi connectivity index (χ1n) is 8.77. The van der Waals surface area contributed by atoms with Gasteiger partial charge in [-0.25, -0.2) is 0 Å². The highest BCUT2D eigenvalue weighted by Crippen LogP contribution is 2.30. The van der Waals surface area contributed by atoms with E-state index in [0.29, 0.717) is 22.2 Å². The monoisotopic (exact) mass is 399 g/mol. The molecule has 140 valence electrons. The summed E-state index contributed by atoms with van der Waals surface area (Å²) in [4.78, 5) is 16.9. The first-order chi connectivity index (χ1) is 14.2. The van der Waals surface area contributed by atoms with Crippen molar-refractivity contribution in [2.24, 2.45) is 0 Å². The number of benzene rings is 2. The Morgan fingerprint density at radius 1 is 1.07 bits per heavy atom. The van der Waals surface area contributed by atoms with Crippen LogP contribution in [0.2, 0.25) is 5.02 Å². The van der Waals surface area contributed by atoms with E-state index in [1.165, 1.54) is 6.08 Å². The molecule has 0 aliphatic rings. The number of rotatable bonds is 4. The summed E-state index contributed by atoms with van der Waals surface area (Å²) in [5.41, 5.74) is 1.99. The van der Waals surface area contributed by atoms with Crippen molar-refractivity contribution in [3.63, 3.8) is 0 Å². The fraction of sp³-hybridized carbons (Fsp3) is 0. The summed E-state index contributed by atoms with van der Waals surface area (Å²) in [6.07, 6.45) is 3.08. The standard InChI is InChI=1S/C23H14ClN3O2/c24-19-7-2-1-5-17(19)22-11-10-16(29-22)13-15(14-25)23(28)27-21-9-3-8-20-18(21)6-4-12-26-20/h1-13H,(H,27,28)/b15-13-. The number of carbonyl (C=O) groups is 1. The molecule has 0 saturated heterocycles. The van der Waals surface area contributed by atoms with Crippen molar-refractivity contribution in [3.8, 4) is 17.4 Å². The van der Waals surface area contributed by atoms with Gasteiger partial charge in [0.15, 0.2) is 0 Å². The van der Waals surface area contributed by atoms with Crippen LogP contribution in [0.5, 0.6) is 0 Å². The summed E-state index contributed by atoms with van der Waals surface area (Å²) in [7, 11) is 0. The molecule has 0 spiro atoms. The number of anilines is 1. The van der Waals surface area contributed by atoms with Gasteiger partial charge in [0.2, 0.25) is 0 Å². The molecule has 2 aromatic heterocycles. The molecule has 5 nitrogen and oxygen atoms in total. The summed E-state index contributed by atoms with van der Waals surface area (Å²) in [5, 5.41) is 13.6. The van der Waals surface area contributed by atoms with Crippen molar-refractivity contribution >= 4 is 40.2 Å². The predicted molar refractivity (Wildman–Crippen MR) is 113 cm³/mol. The van der Waals surface area contributed by atoms with Crippen LogP contribution < -0.4 is 5.32 Å². The number of furan rings is 1. The quantitative estimate of drug-likeness (QED) is 0.353. The number of hydrogen-bond donors (Lipinski definition) is 1. The summed E-state index contributed by atoms with van der Waals surface area (Å²) in [6.45, 7) is 0. The minimum atomic E-state index is -0.528. The van der Waals surface area contributed by atoms with E-state index in [1.807, 2.05) is 36.4 Å². The van der Waals surface area contributed by atoms with Crippen molar-refractivity contribution in [1.82, 2.24) is 4.98 Å². The van der Waals surface area contributed by atoms with Crippen LogP contribution in [-0.2, 0) is 4.79 Å². The van der Waals surface area contributed by atoms with Gasteiger partial charge in [0.25, 0.3) is 5.91 Å². The molecule has 0 radical (unpaired) electrons. The molecule has 0 saturated carbocycles. The summed E-state index contributed by atoms with van der Waals surface area (Å²) in [6, 6.07) is 21.7. The van der Waals surface area contributed by atoms with Gasteiger partial charge in [-0.1, -0.05) is 29.8 Å². The average molecular weight is 400 g/mol. The topological polar surface area (TPSA) is 78.9 Å². The minimum Gasteiger partial charge on any atom is -0.457 e. The van der Waals surface area contributed by atoms with Crippen molar-refractivity contribution in [3.05, 3.63) is 89.3 Å². The van der Waals surface area contributed by atoms with E-state index in [4.69, 9.17) is 16.0 Å². The minimum absolute atomic E-state index is 0.0778. The van der Waals surface area contributed by atoms with Gasteiger partial charge in [-0.2, -0.15) is 5.26 Å². The van der Waals surface area contributed by atoms with Gasteiger partial charge in [0.1, 0.15) is 23.2 Å². The molecule has 0 aliphatic carbocycles. The number of pyridine rings is 1. The lowest BCUT2D eigenvalue weighted by Crippen LogP contribution is -2.13. The SMILES string of the molecule is N#C/C(=C/c1ccc(-c2ccccc2Cl)o1)C(=O)Nc1cccc2ncccc12. The third-order valence-corrected chi connectivity index (χ3v) is 4.64. The van der Waals surface area contributed by atoms with Gasteiger partial charge in [-0.3, -0.25) is 9.78 Å². The van der Waals surface area contributed by atoms with Crippen molar-refractivity contribution < 1.29 is 9.21 Å². The Hall–Kier alpha value is -3.88. The number of fused-ring (bicyclic) bond motifs is 1. The molecule has 4 rings (SSSR count). The smallest absolute Gasteiger partial charge is 0.266 e. The van der Waals surface area contributed by atoms with Gasteiger partial charge in [-0.15, -0.1) is 0 Å². The molecule has 1 amide bonds. The van der Waals surface area contributed by atoms with Crippen LogP contribution in [0.15, 0.2) is 82.9 Å². The lowest BCUT2D eigenvalue weighted by Gasteiger charge is -2.07. The van der Waals surface area contributed by atoms with Crippen molar-refractivity contribution in [2.75, 3.05) is 5.32 Å². The van der Waals surface area contributed by atoms with E-state index in [1.54, 1.807) is 42.6 Å². The number of aromatic nitrogens is 1. The van der Waals surface area contributed by atoms with Gasteiger partial charge in [-0.05, 0) is 48.5 Å². The fourth-order valence-electron chi connectivity index (χ4n) is 2.93. The van der Waals surface area contributed by atoms with E-state index in [2.05, 4.69) is 10.3 Å². The Labute approximate surface area is 171 Å². The number of nitrogens with one attached hydrogen (secondary N) is 1. The molecule has 6 heteroatoms. The number of amides is 1. The molecule has 2 heterocycles. The number of hydrogen-bond acceptors (Lipinski definition) is 4. The highest BCUT2D eigenvalue weighted by atomic mass is 35.5. The Kier molecular flexibility index (Phi) is 5.10. The molecule has 0 fully saturated rings. The first kappa shape index (κ1) is 18.5. The Morgan fingerprint density at radius 3 is 2.76 bits per heavy atom. The molecular formula is C23H14ClN3O2. The van der Waals surface area contributed by atoms with Crippen LogP contribution >= 0.6 is 11.6 Å². The molecule has 2 aromatic carbocycles. The second-order valence-electron chi connectivity index (χ2n) is 6.18. The number of halogens is 1. The van der Waals surface area contributed by atoms with E-state index in [0.717, 1.165) is 16.5 Å². The Bertz CT molecular complexity index is 1280. The van der Waals surface area contributed by atoms with Gasteiger partial charge in [0, 0.05) is 23.2 Å². The van der Waals surface area contributed by atoms with E-state index in [9.17, 15) is 10.1 Å². The second-order valence-corrected chi connectivity index (χ2v) is 6.59. The van der Waals surface area contributed by atoms with Crippen LogP contribution in [0.25, 0.3) is 28.3 Å². The maximum Gasteiger partial charge on any atom is 0.266 e. The highest BCUT2D eigenvalue weighted by molar-refractivity contribution is 6.33. The zero-order valence-corrected chi connectivity index (χ0v) is 15.9. The maximum absolute atomic E-state index is 12.6. The van der Waals surface area contributed by atoms with Gasteiger partial charge in [0.05, 0.1) is 16.2 Å². The van der Waals surface area contributed by atoms with Crippen LogP contribution in [0.3, 0.4) is 0 Å². The molecular weight excluding hydrogens is 386 g/mol. The summed E-state index contributed by atoms with van der Waals surface area (Å²) >= 11 is 6.19. The fourth-order valence-corrected chi connectivity index (χ4v) is 3.16. The molecule has 4 aromatic rings. The molecule has 29 heavy (non-hydrogen) atoms. The van der Waals surface area contributed by atoms with Crippen molar-refractivity contribution in [1.29, 1.82) is 5.26 Å². The number of nitrogens with zero attached hydrogens (tertiary/aromatic N) is 2. The lowest BCUT2D eigenvalue weighted by atomic mass is 10.1. The maximum atomic E-state index is 12.6. The zero-order valence-electron chi connectivity index (χ0n) is 15.1. The lowest BCUT2D eigenvalue weighted by molar-refractivity contribution is -0.112. The van der Waals surface area contributed by atoms with E-state index >= 15 is 0 Å². The highest BCUT2D eigenvalue weighted by Gasteiger charge is 2.13. The largest absolute Gasteiger partial charge is 0.457 e. The third-order valence-electron chi connectivity index (χ3n) is 4.31. The normalized spacial score (nSPS) is 11.2. The first-order valence-corrected chi connectivity index (χ1v) is 9.15. The van der Waals surface area contributed by atoms with Crippen LogP contribution in [-0.4, -0.2) is 10.9 Å². The predicted octanol–water partition coefficient (Wildman–Crippen LogP) is 5.69. The molecule has 0 unspecified atom stereocenters. The van der Waals surface area contributed by atoms with E-state index < -0.39 is 5.91 Å². The zero-order chi connectivity index (χ0) is 20.2. The van der Waals surface area contributed by atoms with Gasteiger partial charge < -0.3 is 9.73 Å². The molecule has 0 aliphatic heterocycles.